The number of thiazole rings is 1. The minimum absolute atomic E-state index is 0.0587. The summed E-state index contributed by atoms with van der Waals surface area (Å²) in [5.74, 6) is -2.21. The number of carbonyl (C=O) groups excluding carboxylic acids is 1. The lowest BCUT2D eigenvalue weighted by molar-refractivity contribution is 0.0606. The van der Waals surface area contributed by atoms with Crippen LogP contribution < -0.4 is 5.32 Å². The summed E-state index contributed by atoms with van der Waals surface area (Å²) in [4.78, 5) is 15.2. The summed E-state index contributed by atoms with van der Waals surface area (Å²) in [7, 11) is 1.20. The van der Waals surface area contributed by atoms with E-state index in [9.17, 15) is 13.6 Å². The van der Waals surface area contributed by atoms with Crippen LogP contribution in [-0.2, 0) is 4.74 Å². The zero-order chi connectivity index (χ0) is 14.0. The molecule has 0 saturated carbocycles. The molecule has 0 aliphatic carbocycles. The number of benzene rings is 1. The van der Waals surface area contributed by atoms with E-state index in [1.165, 1.54) is 13.2 Å². The van der Waals surface area contributed by atoms with Gasteiger partial charge in [-0.2, -0.15) is 0 Å². The van der Waals surface area contributed by atoms with E-state index >= 15 is 0 Å². The highest BCUT2D eigenvalue weighted by Gasteiger charge is 2.18. The Bertz CT molecular complexity index is 613. The largest absolute Gasteiger partial charge is 0.465 e. The second kappa shape index (κ2) is 5.50. The van der Waals surface area contributed by atoms with Crippen LogP contribution in [0.4, 0.5) is 19.6 Å². The van der Waals surface area contributed by atoms with Gasteiger partial charge in [-0.3, -0.25) is 0 Å². The van der Waals surface area contributed by atoms with Gasteiger partial charge in [0.25, 0.3) is 0 Å². The van der Waals surface area contributed by atoms with Gasteiger partial charge in [-0.05, 0) is 12.1 Å². The first-order valence-electron chi connectivity index (χ1n) is 4.98. The molecule has 0 radical (unpaired) electrons. The number of aromatic nitrogens is 1. The maximum absolute atomic E-state index is 13.4. The maximum Gasteiger partial charge on any atom is 0.351 e. The number of para-hydroxylation sites is 1. The summed E-state index contributed by atoms with van der Waals surface area (Å²) < 4.78 is 31.3. The molecule has 1 aromatic carbocycles. The van der Waals surface area contributed by atoms with Crippen molar-refractivity contribution < 1.29 is 18.3 Å². The summed E-state index contributed by atoms with van der Waals surface area (Å²) in [5.41, 5.74) is -0.357. The maximum atomic E-state index is 13.4. The van der Waals surface area contributed by atoms with Crippen LogP contribution in [0, 0.1) is 11.6 Å². The van der Waals surface area contributed by atoms with Gasteiger partial charge in [0.15, 0.2) is 15.2 Å². The standard InChI is InChI=1S/C11H7ClF2N2O2S/c1-18-10(17)8-9(12)16-11(19-8)15-7-5(13)3-2-4-6(7)14/h2-4H,1H3,(H,15,16). The Balaban J connectivity index is 2.32. The second-order valence-electron chi connectivity index (χ2n) is 3.35. The molecular formula is C11H7ClF2N2O2S. The molecule has 2 aromatic rings. The van der Waals surface area contributed by atoms with Crippen LogP contribution in [0.5, 0.6) is 0 Å². The predicted molar refractivity (Wildman–Crippen MR) is 68.1 cm³/mol. The topological polar surface area (TPSA) is 51.2 Å². The van der Waals surface area contributed by atoms with Crippen molar-refractivity contribution in [3.63, 3.8) is 0 Å². The fourth-order valence-corrected chi connectivity index (χ4v) is 2.41. The molecule has 1 heterocycles. The molecule has 0 aliphatic heterocycles. The molecule has 4 nitrogen and oxygen atoms in total. The highest BCUT2D eigenvalue weighted by molar-refractivity contribution is 7.18. The molecule has 19 heavy (non-hydrogen) atoms. The number of nitrogens with one attached hydrogen (secondary N) is 1. The Hall–Kier alpha value is -1.73. The molecule has 0 unspecified atom stereocenters. The summed E-state index contributed by atoms with van der Waals surface area (Å²) >= 11 is 6.58. The Labute approximate surface area is 116 Å². The SMILES string of the molecule is COC(=O)c1sc(Nc2c(F)cccc2F)nc1Cl. The van der Waals surface area contributed by atoms with Crippen LogP contribution in [-0.4, -0.2) is 18.1 Å². The number of halogens is 3. The van der Waals surface area contributed by atoms with E-state index < -0.39 is 17.6 Å². The van der Waals surface area contributed by atoms with E-state index in [1.807, 2.05) is 0 Å². The molecule has 0 amide bonds. The number of esters is 1. The van der Waals surface area contributed by atoms with Crippen LogP contribution in [0.1, 0.15) is 9.67 Å². The molecule has 1 aromatic heterocycles. The number of hydrogen-bond acceptors (Lipinski definition) is 5. The normalized spacial score (nSPS) is 10.3. The van der Waals surface area contributed by atoms with Crippen molar-refractivity contribution in [2.75, 3.05) is 12.4 Å². The van der Waals surface area contributed by atoms with Gasteiger partial charge < -0.3 is 10.1 Å². The van der Waals surface area contributed by atoms with Gasteiger partial charge in [0, 0.05) is 0 Å². The van der Waals surface area contributed by atoms with Crippen molar-refractivity contribution in [2.45, 2.75) is 0 Å². The lowest BCUT2D eigenvalue weighted by Gasteiger charge is -2.04. The van der Waals surface area contributed by atoms with E-state index in [4.69, 9.17) is 11.6 Å². The van der Waals surface area contributed by atoms with Crippen molar-refractivity contribution >= 4 is 39.7 Å². The van der Waals surface area contributed by atoms with E-state index in [2.05, 4.69) is 15.0 Å². The molecule has 8 heteroatoms. The zero-order valence-corrected chi connectivity index (χ0v) is 11.1. The Morgan fingerprint density at radius 1 is 1.42 bits per heavy atom. The average molecular weight is 305 g/mol. The van der Waals surface area contributed by atoms with Gasteiger partial charge in [0.05, 0.1) is 7.11 Å². The smallest absolute Gasteiger partial charge is 0.351 e. The van der Waals surface area contributed by atoms with Gasteiger partial charge in [0.1, 0.15) is 17.3 Å². The van der Waals surface area contributed by atoms with E-state index in [-0.39, 0.29) is 20.8 Å². The number of anilines is 2. The molecule has 0 fully saturated rings. The first kappa shape index (κ1) is 13.7. The van der Waals surface area contributed by atoms with Crippen molar-refractivity contribution in [3.05, 3.63) is 39.9 Å². The van der Waals surface area contributed by atoms with Gasteiger partial charge in [-0.25, -0.2) is 18.6 Å². The molecule has 0 saturated heterocycles. The Morgan fingerprint density at radius 2 is 2.05 bits per heavy atom. The van der Waals surface area contributed by atoms with Crippen LogP contribution in [0.2, 0.25) is 5.15 Å². The molecule has 0 bridgehead atoms. The van der Waals surface area contributed by atoms with Gasteiger partial charge in [-0.15, -0.1) is 0 Å². The second-order valence-corrected chi connectivity index (χ2v) is 4.71. The lowest BCUT2D eigenvalue weighted by atomic mass is 10.3. The van der Waals surface area contributed by atoms with Crippen LogP contribution in [0.15, 0.2) is 18.2 Å². The quantitative estimate of drug-likeness (QED) is 0.880. The predicted octanol–water partition coefficient (Wildman–Crippen LogP) is 3.60. The molecule has 0 spiro atoms. The highest BCUT2D eigenvalue weighted by atomic mass is 35.5. The Morgan fingerprint density at radius 3 is 2.63 bits per heavy atom. The van der Waals surface area contributed by atoms with Crippen LogP contribution in [0.25, 0.3) is 0 Å². The van der Waals surface area contributed by atoms with Crippen molar-refractivity contribution in [3.8, 4) is 0 Å². The molecule has 0 atom stereocenters. The lowest BCUT2D eigenvalue weighted by Crippen LogP contribution is -1.98. The van der Waals surface area contributed by atoms with Gasteiger partial charge in [-0.1, -0.05) is 29.0 Å². The number of nitrogens with zero attached hydrogens (tertiary/aromatic N) is 1. The monoisotopic (exact) mass is 304 g/mol. The van der Waals surface area contributed by atoms with E-state index in [0.29, 0.717) is 0 Å². The van der Waals surface area contributed by atoms with Crippen molar-refractivity contribution in [1.29, 1.82) is 0 Å². The molecule has 1 N–H and O–H groups in total. The van der Waals surface area contributed by atoms with Crippen LogP contribution in [0.3, 0.4) is 0 Å². The minimum Gasteiger partial charge on any atom is -0.465 e. The number of carbonyl (C=O) groups is 1. The van der Waals surface area contributed by atoms with Crippen molar-refractivity contribution in [2.24, 2.45) is 0 Å². The molecule has 100 valence electrons. The van der Waals surface area contributed by atoms with E-state index in [0.717, 1.165) is 23.5 Å². The number of ether oxygens (including phenoxy) is 1. The molecule has 2 rings (SSSR count). The number of rotatable bonds is 3. The third kappa shape index (κ3) is 2.82. The fraction of sp³-hybridized carbons (Fsp3) is 0.0909. The fourth-order valence-electron chi connectivity index (χ4n) is 1.30. The van der Waals surface area contributed by atoms with Gasteiger partial charge >= 0.3 is 5.97 Å². The van der Waals surface area contributed by atoms with Gasteiger partial charge in [0.2, 0.25) is 0 Å². The highest BCUT2D eigenvalue weighted by Crippen LogP contribution is 2.31. The summed E-state index contributed by atoms with van der Waals surface area (Å²) in [6.45, 7) is 0. The van der Waals surface area contributed by atoms with Crippen molar-refractivity contribution in [1.82, 2.24) is 4.98 Å². The first-order valence-corrected chi connectivity index (χ1v) is 6.18. The first-order chi connectivity index (χ1) is 9.02. The third-order valence-electron chi connectivity index (χ3n) is 2.15. The number of hydrogen-bond donors (Lipinski definition) is 1. The third-order valence-corrected chi connectivity index (χ3v) is 3.49. The zero-order valence-electron chi connectivity index (χ0n) is 9.54. The Kier molecular flexibility index (Phi) is 3.96. The number of methoxy groups -OCH3 is 1. The molecular weight excluding hydrogens is 298 g/mol. The summed E-state index contributed by atoms with van der Waals surface area (Å²) in [6.07, 6.45) is 0. The van der Waals surface area contributed by atoms with E-state index in [1.54, 1.807) is 0 Å². The van der Waals surface area contributed by atoms with Crippen LogP contribution >= 0.6 is 22.9 Å². The summed E-state index contributed by atoms with van der Waals surface area (Å²) in [6, 6.07) is 3.44. The minimum atomic E-state index is -0.772. The summed E-state index contributed by atoms with van der Waals surface area (Å²) in [5, 5.41) is 2.45. The average Bonchev–Trinajstić information content (AvgIpc) is 2.74. The molecule has 0 aliphatic rings.